The summed E-state index contributed by atoms with van der Waals surface area (Å²) in [5.41, 5.74) is 1.75. The van der Waals surface area contributed by atoms with E-state index in [4.69, 9.17) is 18.9 Å². The van der Waals surface area contributed by atoms with Crippen molar-refractivity contribution < 1.29 is 33.3 Å². The highest BCUT2D eigenvalue weighted by Gasteiger charge is 2.30. The normalized spacial score (nSPS) is 15.4. The highest BCUT2D eigenvalue weighted by Crippen LogP contribution is 2.35. The van der Waals surface area contributed by atoms with Gasteiger partial charge in [-0.25, -0.2) is 14.6 Å². The van der Waals surface area contributed by atoms with E-state index in [0.29, 0.717) is 39.4 Å². The van der Waals surface area contributed by atoms with Gasteiger partial charge in [-0.3, -0.25) is 9.69 Å². The van der Waals surface area contributed by atoms with E-state index in [2.05, 4.69) is 4.99 Å². The standard InChI is InChI=1S/C25H26N2O7S/c1-5-32-22(28)15-34-19-12-7-16(13-20(19)31-4)14-21-23(29)27(3)25(35-21)26-18-10-8-17(9-11-18)24(30)33-6-2/h7-14H,5-6,15H2,1-4H3/b21-14+,26-25?. The Morgan fingerprint density at radius 3 is 2.40 bits per heavy atom. The zero-order valence-corrected chi connectivity index (χ0v) is 20.7. The molecule has 0 unspecified atom stereocenters. The van der Waals surface area contributed by atoms with E-state index in [1.807, 2.05) is 0 Å². The van der Waals surface area contributed by atoms with Crippen LogP contribution in [0.5, 0.6) is 11.5 Å². The first-order valence-electron chi connectivity index (χ1n) is 10.9. The molecule has 0 spiro atoms. The number of amides is 1. The lowest BCUT2D eigenvalue weighted by molar-refractivity contribution is -0.145. The molecular weight excluding hydrogens is 472 g/mol. The molecule has 35 heavy (non-hydrogen) atoms. The van der Waals surface area contributed by atoms with Crippen molar-refractivity contribution >= 4 is 46.5 Å². The number of aliphatic imine (C=N–C) groups is 1. The second kappa shape index (κ2) is 12.1. The fraction of sp³-hybridized carbons (Fsp3) is 0.280. The molecule has 1 aliphatic rings. The van der Waals surface area contributed by atoms with Gasteiger partial charge in [-0.15, -0.1) is 0 Å². The Morgan fingerprint density at radius 2 is 1.74 bits per heavy atom. The van der Waals surface area contributed by atoms with Crippen molar-refractivity contribution in [1.82, 2.24) is 4.90 Å². The third-order valence-corrected chi connectivity index (χ3v) is 5.80. The highest BCUT2D eigenvalue weighted by molar-refractivity contribution is 8.18. The van der Waals surface area contributed by atoms with Crippen LogP contribution < -0.4 is 9.47 Å². The van der Waals surface area contributed by atoms with Crippen molar-refractivity contribution in [1.29, 1.82) is 0 Å². The first kappa shape index (κ1) is 25.8. The predicted octanol–water partition coefficient (Wildman–Crippen LogP) is 4.05. The topological polar surface area (TPSA) is 104 Å². The van der Waals surface area contributed by atoms with E-state index in [1.165, 1.54) is 23.8 Å². The van der Waals surface area contributed by atoms with Gasteiger partial charge in [0, 0.05) is 7.05 Å². The number of likely N-dealkylation sites (N-methyl/N-ethyl adjacent to an activating group) is 1. The number of hydrogen-bond donors (Lipinski definition) is 0. The second-order valence-corrected chi connectivity index (χ2v) is 8.15. The van der Waals surface area contributed by atoms with Gasteiger partial charge >= 0.3 is 11.9 Å². The first-order valence-corrected chi connectivity index (χ1v) is 11.7. The molecule has 2 aromatic carbocycles. The van der Waals surface area contributed by atoms with Crippen molar-refractivity contribution in [3.8, 4) is 11.5 Å². The molecule has 3 rings (SSSR count). The van der Waals surface area contributed by atoms with Crippen LogP contribution in [0.25, 0.3) is 6.08 Å². The third-order valence-electron chi connectivity index (χ3n) is 4.74. The van der Waals surface area contributed by atoms with Crippen LogP contribution >= 0.6 is 11.8 Å². The minimum absolute atomic E-state index is 0.196. The van der Waals surface area contributed by atoms with Crippen LogP contribution in [0, 0.1) is 0 Å². The van der Waals surface area contributed by atoms with Crippen molar-refractivity contribution in [3.63, 3.8) is 0 Å². The summed E-state index contributed by atoms with van der Waals surface area (Å²) in [4.78, 5) is 42.6. The summed E-state index contributed by atoms with van der Waals surface area (Å²) in [5, 5.41) is 0.506. The fourth-order valence-electron chi connectivity index (χ4n) is 3.03. The third kappa shape index (κ3) is 6.63. The average Bonchev–Trinajstić information content (AvgIpc) is 3.11. The summed E-state index contributed by atoms with van der Waals surface area (Å²) in [6.45, 7) is 3.81. The molecule has 9 nitrogen and oxygen atoms in total. The molecule has 1 saturated heterocycles. The Balaban J connectivity index is 1.75. The van der Waals surface area contributed by atoms with E-state index in [0.717, 1.165) is 5.56 Å². The Labute approximate surface area is 207 Å². The summed E-state index contributed by atoms with van der Waals surface area (Å²) in [7, 11) is 3.14. The Kier molecular flexibility index (Phi) is 8.91. The van der Waals surface area contributed by atoms with Crippen LogP contribution in [0.2, 0.25) is 0 Å². The number of benzene rings is 2. The highest BCUT2D eigenvalue weighted by atomic mass is 32.2. The summed E-state index contributed by atoms with van der Waals surface area (Å²) in [6, 6.07) is 11.8. The monoisotopic (exact) mass is 498 g/mol. The Bertz CT molecular complexity index is 1160. The lowest BCUT2D eigenvalue weighted by Crippen LogP contribution is -2.23. The molecule has 0 bridgehead atoms. The van der Waals surface area contributed by atoms with Gasteiger partial charge < -0.3 is 18.9 Å². The molecule has 0 saturated carbocycles. The van der Waals surface area contributed by atoms with Gasteiger partial charge in [-0.05, 0) is 73.6 Å². The molecule has 2 aromatic rings. The molecule has 1 fully saturated rings. The molecule has 1 heterocycles. The van der Waals surface area contributed by atoms with Gasteiger partial charge in [0.15, 0.2) is 23.3 Å². The maximum Gasteiger partial charge on any atom is 0.344 e. The minimum atomic E-state index is -0.473. The summed E-state index contributed by atoms with van der Waals surface area (Å²) >= 11 is 1.24. The van der Waals surface area contributed by atoms with E-state index in [1.54, 1.807) is 69.4 Å². The van der Waals surface area contributed by atoms with Crippen molar-refractivity contribution in [2.75, 3.05) is 34.0 Å². The first-order chi connectivity index (χ1) is 16.9. The molecule has 10 heteroatoms. The largest absolute Gasteiger partial charge is 0.493 e. The van der Waals surface area contributed by atoms with Crippen LogP contribution in [0.15, 0.2) is 52.4 Å². The second-order valence-electron chi connectivity index (χ2n) is 7.14. The maximum atomic E-state index is 12.8. The zero-order valence-electron chi connectivity index (χ0n) is 19.9. The van der Waals surface area contributed by atoms with Crippen LogP contribution in [0.1, 0.15) is 29.8 Å². The van der Waals surface area contributed by atoms with Crippen molar-refractivity contribution in [3.05, 3.63) is 58.5 Å². The van der Waals surface area contributed by atoms with Gasteiger partial charge in [0.2, 0.25) is 0 Å². The van der Waals surface area contributed by atoms with Crippen LogP contribution in [-0.2, 0) is 19.1 Å². The summed E-state index contributed by atoms with van der Waals surface area (Å²) < 4.78 is 20.7. The number of carbonyl (C=O) groups excluding carboxylic acids is 3. The maximum absolute atomic E-state index is 12.8. The van der Waals surface area contributed by atoms with E-state index < -0.39 is 11.9 Å². The predicted molar refractivity (Wildman–Crippen MR) is 133 cm³/mol. The smallest absolute Gasteiger partial charge is 0.344 e. The molecule has 0 aromatic heterocycles. The van der Waals surface area contributed by atoms with Gasteiger partial charge in [0.05, 0.1) is 36.5 Å². The van der Waals surface area contributed by atoms with Gasteiger partial charge in [0.1, 0.15) is 0 Å². The van der Waals surface area contributed by atoms with Gasteiger partial charge in [-0.1, -0.05) is 6.07 Å². The average molecular weight is 499 g/mol. The van der Waals surface area contributed by atoms with Crippen LogP contribution in [0.3, 0.4) is 0 Å². The molecule has 1 amide bonds. The van der Waals surface area contributed by atoms with Gasteiger partial charge in [-0.2, -0.15) is 0 Å². The Morgan fingerprint density at radius 1 is 1.03 bits per heavy atom. The number of amidine groups is 1. The molecule has 0 radical (unpaired) electrons. The molecule has 0 atom stereocenters. The number of methoxy groups -OCH3 is 1. The quantitative estimate of drug-likeness (QED) is 0.377. The van der Waals surface area contributed by atoms with E-state index in [-0.39, 0.29) is 19.1 Å². The minimum Gasteiger partial charge on any atom is -0.493 e. The zero-order chi connectivity index (χ0) is 25.4. The number of nitrogens with zero attached hydrogens (tertiary/aromatic N) is 2. The number of hydrogen-bond acceptors (Lipinski definition) is 9. The summed E-state index contributed by atoms with van der Waals surface area (Å²) in [6.07, 6.45) is 1.73. The van der Waals surface area contributed by atoms with Crippen molar-refractivity contribution in [2.24, 2.45) is 4.99 Å². The lowest BCUT2D eigenvalue weighted by atomic mass is 10.2. The SMILES string of the molecule is CCOC(=O)COc1ccc(/C=C2/SC(=Nc3ccc(C(=O)OCC)cc3)N(C)C2=O)cc1OC. The number of rotatable bonds is 9. The summed E-state index contributed by atoms with van der Waals surface area (Å²) in [5.74, 6) is -0.258. The molecule has 0 aliphatic carbocycles. The van der Waals surface area contributed by atoms with Crippen LogP contribution in [-0.4, -0.2) is 61.9 Å². The van der Waals surface area contributed by atoms with E-state index >= 15 is 0 Å². The molecule has 1 aliphatic heterocycles. The molecule has 0 N–H and O–H groups in total. The van der Waals surface area contributed by atoms with E-state index in [9.17, 15) is 14.4 Å². The lowest BCUT2D eigenvalue weighted by Gasteiger charge is -2.11. The Hall–Kier alpha value is -3.79. The fourth-order valence-corrected chi connectivity index (χ4v) is 4.02. The van der Waals surface area contributed by atoms with Gasteiger partial charge in [0.25, 0.3) is 5.91 Å². The van der Waals surface area contributed by atoms with Crippen LogP contribution in [0.4, 0.5) is 5.69 Å². The molecule has 184 valence electrons. The number of esters is 2. The molecular formula is C25H26N2O7S. The number of thioether (sulfide) groups is 1. The number of carbonyl (C=O) groups is 3. The number of ether oxygens (including phenoxy) is 4. The van der Waals surface area contributed by atoms with Crippen molar-refractivity contribution in [2.45, 2.75) is 13.8 Å².